The van der Waals surface area contributed by atoms with E-state index in [9.17, 15) is 4.79 Å². The van der Waals surface area contributed by atoms with Gasteiger partial charge >= 0.3 is 0 Å². The Balaban J connectivity index is 1.62. The Hall–Kier alpha value is -2.11. The third-order valence-corrected chi connectivity index (χ3v) is 4.64. The van der Waals surface area contributed by atoms with E-state index < -0.39 is 0 Å². The van der Waals surface area contributed by atoms with Crippen molar-refractivity contribution in [3.63, 3.8) is 0 Å². The molecule has 1 amide bonds. The molecule has 1 fully saturated rings. The fourth-order valence-corrected chi connectivity index (χ4v) is 3.21. The molecule has 1 aliphatic rings. The smallest absolute Gasteiger partial charge is 0.236 e. The molecule has 1 aliphatic heterocycles. The molecule has 1 heterocycles. The molecule has 1 unspecified atom stereocenters. The zero-order valence-electron chi connectivity index (χ0n) is 15.2. The molecule has 25 heavy (non-hydrogen) atoms. The van der Waals surface area contributed by atoms with Gasteiger partial charge in [-0.15, -0.1) is 0 Å². The van der Waals surface area contributed by atoms with Gasteiger partial charge in [0.2, 0.25) is 5.91 Å². The van der Waals surface area contributed by atoms with Crippen LogP contribution in [0.3, 0.4) is 0 Å². The standard InChI is InChI=1S/C20H26N2O3/c1-15-12-22(8-9-25-15)14-20(23)21(2)13-16-4-5-18-11-19(24-3)7-6-17(18)10-16/h4-7,10-11,15H,8-9,12-14H2,1-3H3. The van der Waals surface area contributed by atoms with Gasteiger partial charge < -0.3 is 14.4 Å². The molecule has 2 aromatic rings. The number of nitrogens with zero attached hydrogens (tertiary/aromatic N) is 2. The molecule has 0 radical (unpaired) electrons. The lowest BCUT2D eigenvalue weighted by Gasteiger charge is -2.31. The van der Waals surface area contributed by atoms with Crippen LogP contribution in [-0.2, 0) is 16.1 Å². The number of methoxy groups -OCH3 is 1. The highest BCUT2D eigenvalue weighted by Gasteiger charge is 2.20. The molecule has 1 saturated heterocycles. The number of likely N-dealkylation sites (N-methyl/N-ethyl adjacent to an activating group) is 1. The molecule has 134 valence electrons. The van der Waals surface area contributed by atoms with Crippen LogP contribution in [0.15, 0.2) is 36.4 Å². The number of rotatable bonds is 5. The summed E-state index contributed by atoms with van der Waals surface area (Å²) in [5, 5.41) is 2.29. The summed E-state index contributed by atoms with van der Waals surface area (Å²) in [6, 6.07) is 12.3. The summed E-state index contributed by atoms with van der Waals surface area (Å²) < 4.78 is 10.8. The summed E-state index contributed by atoms with van der Waals surface area (Å²) in [5.74, 6) is 0.996. The Morgan fingerprint density at radius 2 is 2.04 bits per heavy atom. The van der Waals surface area contributed by atoms with Crippen molar-refractivity contribution >= 4 is 16.7 Å². The first kappa shape index (κ1) is 17.7. The van der Waals surface area contributed by atoms with Crippen LogP contribution in [0.25, 0.3) is 10.8 Å². The predicted octanol–water partition coefficient (Wildman–Crippen LogP) is 2.53. The first-order valence-corrected chi connectivity index (χ1v) is 8.70. The first-order valence-electron chi connectivity index (χ1n) is 8.70. The zero-order valence-corrected chi connectivity index (χ0v) is 15.2. The van der Waals surface area contributed by atoms with Crippen molar-refractivity contribution < 1.29 is 14.3 Å². The molecule has 0 spiro atoms. The minimum Gasteiger partial charge on any atom is -0.497 e. The molecule has 0 saturated carbocycles. The van der Waals surface area contributed by atoms with Crippen molar-refractivity contribution in [2.75, 3.05) is 40.4 Å². The van der Waals surface area contributed by atoms with Gasteiger partial charge in [-0.05, 0) is 41.5 Å². The van der Waals surface area contributed by atoms with Crippen LogP contribution in [0.5, 0.6) is 5.75 Å². The van der Waals surface area contributed by atoms with Crippen molar-refractivity contribution in [2.24, 2.45) is 0 Å². The Kier molecular flexibility index (Phi) is 5.56. The molecule has 0 bridgehead atoms. The van der Waals surface area contributed by atoms with E-state index in [-0.39, 0.29) is 12.0 Å². The maximum absolute atomic E-state index is 12.5. The predicted molar refractivity (Wildman–Crippen MR) is 98.8 cm³/mol. The monoisotopic (exact) mass is 342 g/mol. The van der Waals surface area contributed by atoms with E-state index in [0.717, 1.165) is 35.2 Å². The molecule has 5 nitrogen and oxygen atoms in total. The van der Waals surface area contributed by atoms with Crippen molar-refractivity contribution in [1.82, 2.24) is 9.80 Å². The van der Waals surface area contributed by atoms with Gasteiger partial charge in [0.05, 0.1) is 26.4 Å². The highest BCUT2D eigenvalue weighted by Crippen LogP contribution is 2.22. The van der Waals surface area contributed by atoms with Gasteiger partial charge in [-0.2, -0.15) is 0 Å². The minimum absolute atomic E-state index is 0.143. The summed E-state index contributed by atoms with van der Waals surface area (Å²) >= 11 is 0. The van der Waals surface area contributed by atoms with E-state index in [1.165, 1.54) is 0 Å². The van der Waals surface area contributed by atoms with Crippen molar-refractivity contribution in [1.29, 1.82) is 0 Å². The van der Waals surface area contributed by atoms with Crippen LogP contribution in [0, 0.1) is 0 Å². The maximum atomic E-state index is 12.5. The molecule has 3 rings (SSSR count). The number of amides is 1. The topological polar surface area (TPSA) is 42.0 Å². The van der Waals surface area contributed by atoms with Crippen LogP contribution in [0.4, 0.5) is 0 Å². The van der Waals surface area contributed by atoms with E-state index in [1.807, 2.05) is 26.1 Å². The van der Waals surface area contributed by atoms with Crippen molar-refractivity contribution in [3.05, 3.63) is 42.0 Å². The average molecular weight is 342 g/mol. The van der Waals surface area contributed by atoms with Gasteiger partial charge in [-0.1, -0.05) is 18.2 Å². The SMILES string of the molecule is COc1ccc2cc(CN(C)C(=O)CN3CCOC(C)C3)ccc2c1. The normalized spacial score (nSPS) is 18.3. The average Bonchev–Trinajstić information content (AvgIpc) is 2.61. The molecule has 0 aromatic heterocycles. The van der Waals surface area contributed by atoms with Crippen LogP contribution < -0.4 is 4.74 Å². The summed E-state index contributed by atoms with van der Waals surface area (Å²) in [6.45, 7) is 5.45. The fraction of sp³-hybridized carbons (Fsp3) is 0.450. The van der Waals surface area contributed by atoms with Crippen LogP contribution in [0.2, 0.25) is 0 Å². The van der Waals surface area contributed by atoms with Gasteiger partial charge in [-0.25, -0.2) is 0 Å². The zero-order chi connectivity index (χ0) is 17.8. The third kappa shape index (κ3) is 4.50. The summed E-state index contributed by atoms with van der Waals surface area (Å²) in [5.41, 5.74) is 1.13. The van der Waals surface area contributed by atoms with Gasteiger partial charge in [0.25, 0.3) is 0 Å². The van der Waals surface area contributed by atoms with E-state index in [0.29, 0.717) is 19.7 Å². The van der Waals surface area contributed by atoms with Gasteiger partial charge in [0.15, 0.2) is 0 Å². The summed E-state index contributed by atoms with van der Waals surface area (Å²) in [7, 11) is 3.54. The molecule has 5 heteroatoms. The molecule has 0 N–H and O–H groups in total. The minimum atomic E-state index is 0.143. The van der Waals surface area contributed by atoms with Crippen LogP contribution in [0.1, 0.15) is 12.5 Å². The Labute approximate surface area is 149 Å². The number of fused-ring (bicyclic) bond motifs is 1. The number of carbonyl (C=O) groups excluding carboxylic acids is 1. The second-order valence-corrected chi connectivity index (χ2v) is 6.71. The van der Waals surface area contributed by atoms with Crippen molar-refractivity contribution in [2.45, 2.75) is 19.6 Å². The Bertz CT molecular complexity index is 747. The quantitative estimate of drug-likeness (QED) is 0.837. The lowest BCUT2D eigenvalue weighted by molar-refractivity contribution is -0.133. The van der Waals surface area contributed by atoms with E-state index in [1.54, 1.807) is 12.0 Å². The number of carbonyl (C=O) groups is 1. The lowest BCUT2D eigenvalue weighted by Crippen LogP contribution is -2.46. The molecule has 0 aliphatic carbocycles. The van der Waals surface area contributed by atoms with E-state index in [2.05, 4.69) is 29.2 Å². The highest BCUT2D eigenvalue weighted by molar-refractivity contribution is 5.84. The number of hydrogen-bond acceptors (Lipinski definition) is 4. The molecule has 2 aromatic carbocycles. The van der Waals surface area contributed by atoms with E-state index in [4.69, 9.17) is 9.47 Å². The lowest BCUT2D eigenvalue weighted by atomic mass is 10.1. The number of ether oxygens (including phenoxy) is 2. The number of morpholine rings is 1. The largest absolute Gasteiger partial charge is 0.497 e. The number of hydrogen-bond donors (Lipinski definition) is 0. The second kappa shape index (κ2) is 7.85. The summed E-state index contributed by atoms with van der Waals surface area (Å²) in [4.78, 5) is 16.5. The van der Waals surface area contributed by atoms with Gasteiger partial charge in [0.1, 0.15) is 5.75 Å². The second-order valence-electron chi connectivity index (χ2n) is 6.71. The summed E-state index contributed by atoms with van der Waals surface area (Å²) in [6.07, 6.45) is 0.198. The Morgan fingerprint density at radius 1 is 1.28 bits per heavy atom. The van der Waals surface area contributed by atoms with E-state index >= 15 is 0 Å². The fourth-order valence-electron chi connectivity index (χ4n) is 3.21. The third-order valence-electron chi connectivity index (χ3n) is 4.64. The van der Waals surface area contributed by atoms with Gasteiger partial charge in [0, 0.05) is 26.7 Å². The molecular weight excluding hydrogens is 316 g/mol. The maximum Gasteiger partial charge on any atom is 0.236 e. The van der Waals surface area contributed by atoms with Crippen LogP contribution >= 0.6 is 0 Å². The molecule has 1 atom stereocenters. The first-order chi connectivity index (χ1) is 12.0. The molecular formula is C20H26N2O3. The highest BCUT2D eigenvalue weighted by atomic mass is 16.5. The van der Waals surface area contributed by atoms with Gasteiger partial charge in [-0.3, -0.25) is 9.69 Å². The van der Waals surface area contributed by atoms with Crippen LogP contribution in [-0.4, -0.2) is 62.2 Å². The number of benzene rings is 2. The Morgan fingerprint density at radius 3 is 2.80 bits per heavy atom. The van der Waals surface area contributed by atoms with Crippen molar-refractivity contribution in [3.8, 4) is 5.75 Å².